The van der Waals surface area contributed by atoms with Gasteiger partial charge in [0.05, 0.1) is 5.75 Å². The van der Waals surface area contributed by atoms with E-state index in [-0.39, 0.29) is 18.3 Å². The first-order chi connectivity index (χ1) is 12.5. The summed E-state index contributed by atoms with van der Waals surface area (Å²) in [5.41, 5.74) is 1.15. The second kappa shape index (κ2) is 8.89. The molecule has 2 aromatic rings. The highest BCUT2D eigenvalue weighted by atomic mass is 35.5. The molecule has 1 aliphatic rings. The molecule has 1 heterocycles. The zero-order valence-corrected chi connectivity index (χ0v) is 16.3. The molecule has 1 fully saturated rings. The smallest absolute Gasteiger partial charge is 0.217 e. The molecule has 0 bridgehead atoms. The Hall–Kier alpha value is -1.56. The zero-order chi connectivity index (χ0) is 18.4. The van der Waals surface area contributed by atoms with E-state index in [4.69, 9.17) is 16.3 Å². The van der Waals surface area contributed by atoms with Crippen molar-refractivity contribution in [3.05, 3.63) is 65.2 Å². The maximum absolute atomic E-state index is 12.8. The molecule has 0 amide bonds. The van der Waals surface area contributed by atoms with E-state index >= 15 is 0 Å². The zero-order valence-electron chi connectivity index (χ0n) is 14.7. The predicted molar refractivity (Wildman–Crippen MR) is 105 cm³/mol. The molecule has 26 heavy (non-hydrogen) atoms. The van der Waals surface area contributed by atoms with Gasteiger partial charge in [0, 0.05) is 18.1 Å². The summed E-state index contributed by atoms with van der Waals surface area (Å²) in [6.45, 7) is 1.27. The lowest BCUT2D eigenvalue weighted by atomic mass is 9.95. The largest absolute Gasteiger partial charge is 0.492 e. The maximum atomic E-state index is 12.8. The summed E-state index contributed by atoms with van der Waals surface area (Å²) < 4.78 is 32.8. The molecule has 1 aliphatic heterocycles. The van der Waals surface area contributed by atoms with Crippen LogP contribution in [0.3, 0.4) is 0 Å². The molecule has 0 radical (unpaired) electrons. The van der Waals surface area contributed by atoms with E-state index in [0.29, 0.717) is 23.9 Å². The fraction of sp³-hybridized carbons (Fsp3) is 0.400. The second-order valence-electron chi connectivity index (χ2n) is 6.58. The van der Waals surface area contributed by atoms with Crippen LogP contribution in [0.5, 0.6) is 5.75 Å². The number of hydrogen-bond donors (Lipinski definition) is 0. The molecule has 1 atom stereocenters. The normalized spacial score (nSPS) is 19.0. The van der Waals surface area contributed by atoms with Crippen molar-refractivity contribution in [3.63, 3.8) is 0 Å². The van der Waals surface area contributed by atoms with Crippen LogP contribution in [0.1, 0.15) is 30.7 Å². The quantitative estimate of drug-likeness (QED) is 0.734. The topological polar surface area (TPSA) is 46.6 Å². The van der Waals surface area contributed by atoms with Crippen LogP contribution in [-0.2, 0) is 10.0 Å². The molecule has 6 heteroatoms. The molecule has 0 aromatic heterocycles. The summed E-state index contributed by atoms with van der Waals surface area (Å²) >= 11 is 5.97. The van der Waals surface area contributed by atoms with Gasteiger partial charge in [0.1, 0.15) is 12.4 Å². The number of sulfonamides is 1. The van der Waals surface area contributed by atoms with E-state index in [0.717, 1.165) is 24.8 Å². The number of rotatable bonds is 6. The molecule has 0 spiro atoms. The van der Waals surface area contributed by atoms with Crippen molar-refractivity contribution in [3.8, 4) is 5.75 Å². The molecule has 1 unspecified atom stereocenters. The van der Waals surface area contributed by atoms with E-state index in [1.54, 1.807) is 4.31 Å². The van der Waals surface area contributed by atoms with Gasteiger partial charge in [-0.15, -0.1) is 0 Å². The first kappa shape index (κ1) is 19.2. The first-order valence-corrected chi connectivity index (χ1v) is 10.9. The van der Waals surface area contributed by atoms with Gasteiger partial charge in [-0.2, -0.15) is 0 Å². The Bertz CT molecular complexity index is 794. The Balaban J connectivity index is 1.62. The van der Waals surface area contributed by atoms with E-state index < -0.39 is 10.0 Å². The van der Waals surface area contributed by atoms with Gasteiger partial charge in [-0.05, 0) is 48.6 Å². The molecule has 140 valence electrons. The number of ether oxygens (including phenoxy) is 1. The Kier molecular flexibility index (Phi) is 6.57. The van der Waals surface area contributed by atoms with Crippen LogP contribution < -0.4 is 4.74 Å². The van der Waals surface area contributed by atoms with Crippen LogP contribution in [0.2, 0.25) is 5.02 Å². The summed E-state index contributed by atoms with van der Waals surface area (Å²) in [5, 5.41) is 0.699. The third-order valence-electron chi connectivity index (χ3n) is 4.72. The van der Waals surface area contributed by atoms with Crippen LogP contribution in [0, 0.1) is 0 Å². The number of halogens is 1. The molecule has 1 saturated heterocycles. The van der Waals surface area contributed by atoms with Gasteiger partial charge in [0.2, 0.25) is 10.0 Å². The molecule has 2 aromatic carbocycles. The van der Waals surface area contributed by atoms with Crippen LogP contribution >= 0.6 is 11.6 Å². The van der Waals surface area contributed by atoms with Crippen molar-refractivity contribution in [1.29, 1.82) is 0 Å². The lowest BCUT2D eigenvalue weighted by Crippen LogP contribution is -2.37. The number of hydrogen-bond acceptors (Lipinski definition) is 3. The fourth-order valence-corrected chi connectivity index (χ4v) is 4.77. The van der Waals surface area contributed by atoms with Gasteiger partial charge in [-0.3, -0.25) is 0 Å². The van der Waals surface area contributed by atoms with Crippen molar-refractivity contribution >= 4 is 21.6 Å². The SMILES string of the molecule is O=S(=O)(CCOc1ccccc1)N1CCCCC(c2ccc(Cl)cc2)C1. The molecule has 0 saturated carbocycles. The van der Waals surface area contributed by atoms with Gasteiger partial charge in [0.25, 0.3) is 0 Å². The third-order valence-corrected chi connectivity index (χ3v) is 6.78. The van der Waals surface area contributed by atoms with Gasteiger partial charge >= 0.3 is 0 Å². The standard InChI is InChI=1S/C20H24ClNO3S/c21-19-11-9-17(10-12-19)18-6-4-5-13-22(16-18)26(23,24)15-14-25-20-7-2-1-3-8-20/h1-3,7-12,18H,4-6,13-16H2. The van der Waals surface area contributed by atoms with Crippen molar-refractivity contribution < 1.29 is 13.2 Å². The average Bonchev–Trinajstić information content (AvgIpc) is 2.90. The summed E-state index contributed by atoms with van der Waals surface area (Å²) in [7, 11) is -3.34. The van der Waals surface area contributed by atoms with Crippen LogP contribution in [0.4, 0.5) is 0 Å². The van der Waals surface area contributed by atoms with E-state index in [1.807, 2.05) is 54.6 Å². The van der Waals surface area contributed by atoms with Crippen LogP contribution in [0.25, 0.3) is 0 Å². The van der Waals surface area contributed by atoms with Gasteiger partial charge in [-0.1, -0.05) is 48.4 Å². The average molecular weight is 394 g/mol. The third kappa shape index (κ3) is 5.22. The first-order valence-electron chi connectivity index (χ1n) is 8.96. The Labute approximate surface area is 160 Å². The number of nitrogens with zero attached hydrogens (tertiary/aromatic N) is 1. The number of para-hydroxylation sites is 1. The van der Waals surface area contributed by atoms with Gasteiger partial charge in [0.15, 0.2) is 0 Å². The van der Waals surface area contributed by atoms with E-state index in [9.17, 15) is 8.42 Å². The molecular formula is C20H24ClNO3S. The minimum Gasteiger partial charge on any atom is -0.492 e. The van der Waals surface area contributed by atoms with Crippen LogP contribution in [0.15, 0.2) is 54.6 Å². The molecule has 0 N–H and O–H groups in total. The van der Waals surface area contributed by atoms with Crippen molar-refractivity contribution in [1.82, 2.24) is 4.31 Å². The fourth-order valence-electron chi connectivity index (χ4n) is 3.28. The molecule has 3 rings (SSSR count). The Morgan fingerprint density at radius 1 is 1.04 bits per heavy atom. The molecular weight excluding hydrogens is 370 g/mol. The Morgan fingerprint density at radius 2 is 1.77 bits per heavy atom. The van der Waals surface area contributed by atoms with E-state index in [1.165, 1.54) is 0 Å². The Morgan fingerprint density at radius 3 is 2.50 bits per heavy atom. The minimum atomic E-state index is -3.34. The van der Waals surface area contributed by atoms with Crippen molar-refractivity contribution in [2.75, 3.05) is 25.4 Å². The number of benzene rings is 2. The van der Waals surface area contributed by atoms with Crippen LogP contribution in [-0.4, -0.2) is 38.2 Å². The lowest BCUT2D eigenvalue weighted by Gasteiger charge is -2.24. The highest BCUT2D eigenvalue weighted by Crippen LogP contribution is 2.28. The summed E-state index contributed by atoms with van der Waals surface area (Å²) in [5.74, 6) is 0.895. The van der Waals surface area contributed by atoms with Gasteiger partial charge in [-0.25, -0.2) is 12.7 Å². The monoisotopic (exact) mass is 393 g/mol. The van der Waals surface area contributed by atoms with Crippen molar-refractivity contribution in [2.45, 2.75) is 25.2 Å². The lowest BCUT2D eigenvalue weighted by molar-refractivity contribution is 0.333. The summed E-state index contributed by atoms with van der Waals surface area (Å²) in [4.78, 5) is 0. The maximum Gasteiger partial charge on any atom is 0.217 e. The van der Waals surface area contributed by atoms with Gasteiger partial charge < -0.3 is 4.74 Å². The van der Waals surface area contributed by atoms with E-state index in [2.05, 4.69) is 0 Å². The summed E-state index contributed by atoms with van der Waals surface area (Å²) in [6.07, 6.45) is 2.91. The highest BCUT2D eigenvalue weighted by molar-refractivity contribution is 7.89. The summed E-state index contributed by atoms with van der Waals surface area (Å²) in [6, 6.07) is 17.0. The predicted octanol–water partition coefficient (Wildman–Crippen LogP) is 4.32. The second-order valence-corrected chi connectivity index (χ2v) is 9.10. The molecule has 4 nitrogen and oxygen atoms in total. The minimum absolute atomic E-state index is 0.00473. The highest BCUT2D eigenvalue weighted by Gasteiger charge is 2.28. The van der Waals surface area contributed by atoms with Crippen molar-refractivity contribution in [2.24, 2.45) is 0 Å². The molecule has 0 aliphatic carbocycles.